The molecule has 0 fully saturated rings. The minimum atomic E-state index is -2.06. The zero-order chi connectivity index (χ0) is 18.9. The first-order valence-electron chi connectivity index (χ1n) is 7.46. The molecule has 2 aliphatic heterocycles. The van der Waals surface area contributed by atoms with E-state index in [1.807, 2.05) is 18.2 Å². The van der Waals surface area contributed by atoms with Gasteiger partial charge in [0, 0.05) is 0 Å². The Labute approximate surface area is 148 Å². The smallest absolute Gasteiger partial charge is 0.339 e. The molecule has 9 heteroatoms. The number of nitriles is 2. The molecule has 0 unspecified atom stereocenters. The number of carbonyl (C=O) groups excluding carboxylic acids is 2. The van der Waals surface area contributed by atoms with E-state index < -0.39 is 23.6 Å². The molecule has 3 rings (SSSR count). The molecular formula is C17H13N5O4. The van der Waals surface area contributed by atoms with Crippen LogP contribution in [0.5, 0.6) is 0 Å². The maximum absolute atomic E-state index is 12.5. The summed E-state index contributed by atoms with van der Waals surface area (Å²) >= 11 is 0. The zero-order valence-electron chi connectivity index (χ0n) is 13.9. The molecule has 0 spiro atoms. The summed E-state index contributed by atoms with van der Waals surface area (Å²) in [6.07, 6.45) is 0.265. The van der Waals surface area contributed by atoms with Gasteiger partial charge in [-0.1, -0.05) is 18.2 Å². The predicted octanol–water partition coefficient (Wildman–Crippen LogP) is 0.520. The Balaban J connectivity index is 2.27. The van der Waals surface area contributed by atoms with Crippen molar-refractivity contribution in [3.8, 4) is 12.1 Å². The molecule has 130 valence electrons. The first kappa shape index (κ1) is 17.0. The van der Waals surface area contributed by atoms with Crippen LogP contribution in [0.2, 0.25) is 0 Å². The van der Waals surface area contributed by atoms with Gasteiger partial charge in [-0.15, -0.1) is 0 Å². The van der Waals surface area contributed by atoms with Crippen LogP contribution >= 0.6 is 0 Å². The molecule has 1 atom stereocenters. The molecule has 2 heterocycles. The highest BCUT2D eigenvalue weighted by molar-refractivity contribution is 6.07. The first-order chi connectivity index (χ1) is 12.6. The number of carbonyl (C=O) groups is 2. The molecule has 26 heavy (non-hydrogen) atoms. The molecule has 0 saturated carbocycles. The number of esters is 2. The van der Waals surface area contributed by atoms with Crippen LogP contribution in [-0.4, -0.2) is 49.1 Å². The Kier molecular flexibility index (Phi) is 4.07. The van der Waals surface area contributed by atoms with Gasteiger partial charge in [0.25, 0.3) is 5.54 Å². The van der Waals surface area contributed by atoms with Crippen molar-refractivity contribution < 1.29 is 19.1 Å². The Morgan fingerprint density at radius 3 is 2.27 bits per heavy atom. The van der Waals surface area contributed by atoms with Crippen LogP contribution in [0.4, 0.5) is 5.69 Å². The fourth-order valence-electron chi connectivity index (χ4n) is 3.06. The standard InChI is InChI=1S/C17H13N5O4/c1-25-15(23)12-13(16(24)26-2)17(8-18,9-19)21-10-20-22(14(12)21)11-6-4-3-5-7-11/h3-7,10,14H,1-2H3/t14-/m0/s1. The summed E-state index contributed by atoms with van der Waals surface area (Å²) in [5.74, 6) is -1.80. The van der Waals surface area contributed by atoms with Gasteiger partial charge in [0.05, 0.1) is 25.5 Å². The van der Waals surface area contributed by atoms with Gasteiger partial charge in [-0.25, -0.2) is 14.6 Å². The lowest BCUT2D eigenvalue weighted by Gasteiger charge is -2.29. The molecular weight excluding hydrogens is 338 g/mol. The van der Waals surface area contributed by atoms with Gasteiger partial charge in [-0.3, -0.25) is 4.90 Å². The molecule has 1 aromatic carbocycles. The number of hydrazone groups is 1. The maximum Gasteiger partial charge on any atom is 0.339 e. The van der Waals surface area contributed by atoms with Crippen molar-refractivity contribution in [2.75, 3.05) is 19.2 Å². The third-order valence-corrected chi connectivity index (χ3v) is 4.21. The van der Waals surface area contributed by atoms with Crippen molar-refractivity contribution in [2.45, 2.75) is 11.7 Å². The number of fused-ring (bicyclic) bond motifs is 1. The third kappa shape index (κ3) is 2.11. The fourth-order valence-corrected chi connectivity index (χ4v) is 3.06. The summed E-state index contributed by atoms with van der Waals surface area (Å²) in [5, 5.41) is 25.1. The predicted molar refractivity (Wildman–Crippen MR) is 88.1 cm³/mol. The van der Waals surface area contributed by atoms with E-state index in [1.165, 1.54) is 16.2 Å². The second-order valence-electron chi connectivity index (χ2n) is 5.40. The van der Waals surface area contributed by atoms with Crippen LogP contribution in [0.25, 0.3) is 0 Å². The highest BCUT2D eigenvalue weighted by Crippen LogP contribution is 2.43. The SMILES string of the molecule is COC(=O)C1=C(C(=O)OC)C(C#N)(C#N)N2C=NN(c3ccccc3)[C@@H]12. The van der Waals surface area contributed by atoms with Gasteiger partial charge in [-0.2, -0.15) is 15.6 Å². The van der Waals surface area contributed by atoms with Crippen molar-refractivity contribution in [3.05, 3.63) is 41.5 Å². The van der Waals surface area contributed by atoms with Gasteiger partial charge < -0.3 is 9.47 Å². The maximum atomic E-state index is 12.5. The molecule has 0 bridgehead atoms. The Bertz CT molecular complexity index is 895. The van der Waals surface area contributed by atoms with Crippen molar-refractivity contribution in [1.29, 1.82) is 10.5 Å². The third-order valence-electron chi connectivity index (χ3n) is 4.21. The van der Waals surface area contributed by atoms with E-state index in [9.17, 15) is 20.1 Å². The van der Waals surface area contributed by atoms with E-state index in [1.54, 1.807) is 24.3 Å². The van der Waals surface area contributed by atoms with E-state index >= 15 is 0 Å². The summed E-state index contributed by atoms with van der Waals surface area (Å²) < 4.78 is 9.53. The quantitative estimate of drug-likeness (QED) is 0.723. The highest BCUT2D eigenvalue weighted by Gasteiger charge is 2.61. The topological polar surface area (TPSA) is 119 Å². The molecule has 2 aliphatic rings. The zero-order valence-corrected chi connectivity index (χ0v) is 13.9. The Morgan fingerprint density at radius 1 is 1.12 bits per heavy atom. The van der Waals surface area contributed by atoms with Gasteiger partial charge >= 0.3 is 11.9 Å². The van der Waals surface area contributed by atoms with E-state index in [-0.39, 0.29) is 11.1 Å². The number of rotatable bonds is 3. The fraction of sp³-hybridized carbons (Fsp3) is 0.235. The second-order valence-corrected chi connectivity index (χ2v) is 5.40. The highest BCUT2D eigenvalue weighted by atomic mass is 16.5. The van der Waals surface area contributed by atoms with Crippen molar-refractivity contribution in [1.82, 2.24) is 4.90 Å². The first-order valence-corrected chi connectivity index (χ1v) is 7.46. The Hall–Kier alpha value is -3.85. The van der Waals surface area contributed by atoms with Crippen molar-refractivity contribution in [2.24, 2.45) is 5.10 Å². The van der Waals surface area contributed by atoms with Crippen molar-refractivity contribution >= 4 is 24.0 Å². The summed E-state index contributed by atoms with van der Waals surface area (Å²) in [6.45, 7) is 0. The molecule has 0 N–H and O–H groups in total. The van der Waals surface area contributed by atoms with Crippen LogP contribution in [0.15, 0.2) is 46.6 Å². The average Bonchev–Trinajstić information content (AvgIpc) is 3.24. The second kappa shape index (κ2) is 6.22. The van der Waals surface area contributed by atoms with Crippen LogP contribution in [0.3, 0.4) is 0 Å². The van der Waals surface area contributed by atoms with Crippen LogP contribution in [0, 0.1) is 22.7 Å². The molecule has 1 aromatic rings. The number of hydrogen-bond donors (Lipinski definition) is 0. The number of methoxy groups -OCH3 is 2. The van der Waals surface area contributed by atoms with Crippen LogP contribution in [-0.2, 0) is 19.1 Å². The van der Waals surface area contributed by atoms with Crippen LogP contribution < -0.4 is 5.01 Å². The summed E-state index contributed by atoms with van der Waals surface area (Å²) in [6, 6.07) is 12.5. The van der Waals surface area contributed by atoms with Crippen molar-refractivity contribution in [3.63, 3.8) is 0 Å². The number of ether oxygens (including phenoxy) is 2. The van der Waals surface area contributed by atoms with E-state index in [4.69, 9.17) is 9.47 Å². The summed E-state index contributed by atoms with van der Waals surface area (Å²) in [4.78, 5) is 26.1. The molecule has 0 amide bonds. The number of benzene rings is 1. The number of para-hydroxylation sites is 1. The number of nitrogens with zero attached hydrogens (tertiary/aromatic N) is 5. The molecule has 9 nitrogen and oxygen atoms in total. The average molecular weight is 351 g/mol. The lowest BCUT2D eigenvalue weighted by molar-refractivity contribution is -0.139. The minimum absolute atomic E-state index is 0.163. The van der Waals surface area contributed by atoms with E-state index in [0.29, 0.717) is 5.69 Å². The van der Waals surface area contributed by atoms with E-state index in [0.717, 1.165) is 14.2 Å². The largest absolute Gasteiger partial charge is 0.466 e. The normalized spacial score (nSPS) is 19.6. The van der Waals surface area contributed by atoms with Gasteiger partial charge in [-0.05, 0) is 12.1 Å². The van der Waals surface area contributed by atoms with Gasteiger partial charge in [0.15, 0.2) is 6.17 Å². The number of hydrogen-bond acceptors (Lipinski definition) is 9. The van der Waals surface area contributed by atoms with Gasteiger partial charge in [0.2, 0.25) is 0 Å². The molecule has 0 radical (unpaired) electrons. The summed E-state index contributed by atoms with van der Waals surface area (Å²) in [5.41, 5.74) is -1.99. The van der Waals surface area contributed by atoms with Crippen LogP contribution in [0.1, 0.15) is 0 Å². The number of anilines is 1. The minimum Gasteiger partial charge on any atom is -0.466 e. The molecule has 0 aromatic heterocycles. The molecule has 0 saturated heterocycles. The molecule has 0 aliphatic carbocycles. The van der Waals surface area contributed by atoms with Gasteiger partial charge in [0.1, 0.15) is 24.1 Å². The lowest BCUT2D eigenvalue weighted by Crippen LogP contribution is -2.49. The van der Waals surface area contributed by atoms with E-state index in [2.05, 4.69) is 5.10 Å². The Morgan fingerprint density at radius 2 is 1.73 bits per heavy atom. The summed E-state index contributed by atoms with van der Waals surface area (Å²) in [7, 11) is 2.26. The monoisotopic (exact) mass is 351 g/mol. The lowest BCUT2D eigenvalue weighted by atomic mass is 9.91.